The Bertz CT molecular complexity index is 1030. The van der Waals surface area contributed by atoms with Crippen molar-refractivity contribution < 1.29 is 9.53 Å². The highest BCUT2D eigenvalue weighted by Crippen LogP contribution is 2.46. The number of nitrogens with one attached hydrogen (secondary N) is 2. The molecule has 6 nitrogen and oxygen atoms in total. The first-order chi connectivity index (χ1) is 14.3. The fourth-order valence-corrected chi connectivity index (χ4v) is 4.67. The van der Waals surface area contributed by atoms with E-state index < -0.39 is 11.5 Å². The van der Waals surface area contributed by atoms with E-state index in [9.17, 15) is 10.1 Å². The van der Waals surface area contributed by atoms with Gasteiger partial charge < -0.3 is 10.1 Å². The van der Waals surface area contributed by atoms with Crippen LogP contribution in [0.25, 0.3) is 0 Å². The maximum absolute atomic E-state index is 13.3. The van der Waals surface area contributed by atoms with Crippen molar-refractivity contribution in [1.82, 2.24) is 10.2 Å². The van der Waals surface area contributed by atoms with Gasteiger partial charge in [-0.05, 0) is 55.0 Å². The topological polar surface area (TPSA) is 89.2 Å². The van der Waals surface area contributed by atoms with Crippen molar-refractivity contribution in [1.29, 1.82) is 10.7 Å². The van der Waals surface area contributed by atoms with Crippen LogP contribution in [-0.4, -0.2) is 30.9 Å². The van der Waals surface area contributed by atoms with Crippen molar-refractivity contribution in [3.8, 4) is 6.07 Å². The van der Waals surface area contributed by atoms with Crippen LogP contribution < -0.4 is 5.32 Å². The highest BCUT2D eigenvalue weighted by molar-refractivity contribution is 6.02. The number of rotatable bonds is 4. The van der Waals surface area contributed by atoms with Crippen LogP contribution in [0.5, 0.6) is 0 Å². The number of hydrogen-bond donors (Lipinski definition) is 2. The SMILES string of the molecule is COC1(c2ccc([C@H]3C(=O)N(C)C(=N)N[C@]3(C)c3cccc(C#N)c3)cc2)CCC1. The fraction of sp³-hybridized carbons (Fsp3) is 0.375. The standard InChI is InChI=1S/C24H26N4O2/c1-23(19-7-4-6-16(14-19)15-25)20(21(29)28(2)22(26)27-23)17-8-10-18(11-9-17)24(30-3)12-5-13-24/h4,6-11,14,20H,5,12-13H2,1-3H3,(H2,26,27)/t20-,23+/m0/s1. The molecule has 4 rings (SSSR count). The largest absolute Gasteiger partial charge is 0.374 e. The predicted octanol–water partition coefficient (Wildman–Crippen LogP) is 3.58. The van der Waals surface area contributed by atoms with Crippen LogP contribution in [0.15, 0.2) is 48.5 Å². The first-order valence-corrected chi connectivity index (χ1v) is 10.2. The third-order valence-corrected chi connectivity index (χ3v) is 6.78. The normalized spacial score (nSPS) is 25.3. The van der Waals surface area contributed by atoms with Gasteiger partial charge in [0.15, 0.2) is 5.96 Å². The molecule has 0 aromatic heterocycles. The van der Waals surface area contributed by atoms with E-state index in [2.05, 4.69) is 23.5 Å². The quantitative estimate of drug-likeness (QED) is 0.818. The molecular formula is C24H26N4O2. The number of amides is 1. The van der Waals surface area contributed by atoms with Crippen LogP contribution in [0.3, 0.4) is 0 Å². The molecule has 2 fully saturated rings. The van der Waals surface area contributed by atoms with Gasteiger partial charge in [0.1, 0.15) is 0 Å². The number of guanidine groups is 1. The van der Waals surface area contributed by atoms with Gasteiger partial charge in [-0.2, -0.15) is 5.26 Å². The van der Waals surface area contributed by atoms with Crippen LogP contribution >= 0.6 is 0 Å². The van der Waals surface area contributed by atoms with E-state index in [1.807, 2.05) is 31.2 Å². The summed E-state index contributed by atoms with van der Waals surface area (Å²) in [4.78, 5) is 14.7. The van der Waals surface area contributed by atoms with Crippen LogP contribution in [0.1, 0.15) is 54.4 Å². The Hall–Kier alpha value is -3.17. The lowest BCUT2D eigenvalue weighted by Crippen LogP contribution is -2.62. The molecule has 6 heteroatoms. The molecule has 2 aromatic rings. The monoisotopic (exact) mass is 402 g/mol. The molecule has 0 unspecified atom stereocenters. The zero-order valence-electron chi connectivity index (χ0n) is 17.5. The lowest BCUT2D eigenvalue weighted by Gasteiger charge is -2.46. The van der Waals surface area contributed by atoms with Crippen LogP contribution in [0.4, 0.5) is 0 Å². The summed E-state index contributed by atoms with van der Waals surface area (Å²) in [5.74, 6) is -0.647. The second kappa shape index (κ2) is 7.26. The van der Waals surface area contributed by atoms with E-state index in [0.717, 1.165) is 36.0 Å². The molecule has 2 N–H and O–H groups in total. The maximum Gasteiger partial charge on any atom is 0.239 e. The highest BCUT2D eigenvalue weighted by Gasteiger charge is 2.48. The molecule has 0 spiro atoms. The number of methoxy groups -OCH3 is 1. The summed E-state index contributed by atoms with van der Waals surface area (Å²) < 4.78 is 5.79. The number of likely N-dealkylation sites (N-methyl/N-ethyl adjacent to an activating group) is 1. The van der Waals surface area contributed by atoms with Gasteiger partial charge in [0.05, 0.1) is 28.7 Å². The molecule has 1 aliphatic carbocycles. The van der Waals surface area contributed by atoms with E-state index in [1.54, 1.807) is 26.3 Å². The minimum atomic E-state index is -0.857. The fourth-order valence-electron chi connectivity index (χ4n) is 4.67. The first-order valence-electron chi connectivity index (χ1n) is 10.2. The maximum atomic E-state index is 13.3. The molecule has 1 aliphatic heterocycles. The van der Waals surface area contributed by atoms with Crippen molar-refractivity contribution in [2.24, 2.45) is 0 Å². The summed E-state index contributed by atoms with van der Waals surface area (Å²) in [6, 6.07) is 17.5. The minimum absolute atomic E-state index is 0.0468. The average molecular weight is 402 g/mol. The van der Waals surface area contributed by atoms with Gasteiger partial charge in [0.25, 0.3) is 0 Å². The van der Waals surface area contributed by atoms with Gasteiger partial charge in [-0.3, -0.25) is 15.1 Å². The third-order valence-electron chi connectivity index (χ3n) is 6.78. The molecule has 2 atom stereocenters. The molecule has 0 bridgehead atoms. The summed E-state index contributed by atoms with van der Waals surface area (Å²) in [5, 5.41) is 20.8. The van der Waals surface area contributed by atoms with Crippen LogP contribution in [0.2, 0.25) is 0 Å². The van der Waals surface area contributed by atoms with Gasteiger partial charge in [0, 0.05) is 14.2 Å². The zero-order chi connectivity index (χ0) is 21.5. The zero-order valence-corrected chi connectivity index (χ0v) is 17.5. The number of ether oxygens (including phenoxy) is 1. The number of hydrogen-bond acceptors (Lipinski definition) is 4. The van der Waals surface area contributed by atoms with E-state index in [-0.39, 0.29) is 17.5 Å². The molecule has 1 saturated carbocycles. The van der Waals surface area contributed by atoms with Crippen molar-refractivity contribution >= 4 is 11.9 Å². The van der Waals surface area contributed by atoms with Crippen LogP contribution in [-0.2, 0) is 20.7 Å². The van der Waals surface area contributed by atoms with Crippen molar-refractivity contribution in [2.45, 2.75) is 43.2 Å². The van der Waals surface area contributed by atoms with E-state index >= 15 is 0 Å². The van der Waals surface area contributed by atoms with Crippen molar-refractivity contribution in [2.75, 3.05) is 14.2 Å². The number of nitrogens with zero attached hydrogens (tertiary/aromatic N) is 2. The number of benzene rings is 2. The molecule has 2 aliphatic rings. The van der Waals surface area contributed by atoms with Gasteiger partial charge in [-0.25, -0.2) is 0 Å². The minimum Gasteiger partial charge on any atom is -0.374 e. The van der Waals surface area contributed by atoms with E-state index in [1.165, 1.54) is 4.90 Å². The average Bonchev–Trinajstić information content (AvgIpc) is 2.73. The summed E-state index contributed by atoms with van der Waals surface area (Å²) in [7, 11) is 3.36. The lowest BCUT2D eigenvalue weighted by atomic mass is 9.71. The highest BCUT2D eigenvalue weighted by atomic mass is 16.5. The lowest BCUT2D eigenvalue weighted by molar-refractivity contribution is -0.131. The molecular weight excluding hydrogens is 376 g/mol. The Morgan fingerprint density at radius 1 is 1.20 bits per heavy atom. The number of carbonyl (C=O) groups is 1. The van der Waals surface area contributed by atoms with Gasteiger partial charge >= 0.3 is 0 Å². The Balaban J connectivity index is 1.79. The third kappa shape index (κ3) is 2.98. The molecule has 2 aromatic carbocycles. The second-order valence-electron chi connectivity index (χ2n) is 8.37. The summed E-state index contributed by atoms with van der Waals surface area (Å²) in [6.45, 7) is 1.92. The van der Waals surface area contributed by atoms with Gasteiger partial charge in [-0.15, -0.1) is 0 Å². The second-order valence-corrected chi connectivity index (χ2v) is 8.37. The Kier molecular flexibility index (Phi) is 4.87. The molecule has 0 radical (unpaired) electrons. The number of nitriles is 1. The molecule has 1 saturated heterocycles. The predicted molar refractivity (Wildman–Crippen MR) is 114 cm³/mol. The van der Waals surface area contributed by atoms with Gasteiger partial charge in [0.2, 0.25) is 5.91 Å². The van der Waals surface area contributed by atoms with Gasteiger partial charge in [-0.1, -0.05) is 36.4 Å². The number of carbonyl (C=O) groups excluding carboxylic acids is 1. The van der Waals surface area contributed by atoms with E-state index in [0.29, 0.717) is 5.56 Å². The van der Waals surface area contributed by atoms with Crippen molar-refractivity contribution in [3.05, 3.63) is 70.8 Å². The smallest absolute Gasteiger partial charge is 0.239 e. The van der Waals surface area contributed by atoms with Crippen LogP contribution in [0, 0.1) is 16.7 Å². The molecule has 1 amide bonds. The summed E-state index contributed by atoms with van der Waals surface area (Å²) in [5.41, 5.74) is 2.25. The van der Waals surface area contributed by atoms with E-state index in [4.69, 9.17) is 10.1 Å². The summed E-state index contributed by atoms with van der Waals surface area (Å²) >= 11 is 0. The first kappa shape index (κ1) is 20.1. The Morgan fingerprint density at radius 2 is 1.90 bits per heavy atom. The molecule has 1 heterocycles. The molecule has 154 valence electrons. The Morgan fingerprint density at radius 3 is 2.47 bits per heavy atom. The Labute approximate surface area is 177 Å². The van der Waals surface area contributed by atoms with Crippen molar-refractivity contribution in [3.63, 3.8) is 0 Å². The molecule has 30 heavy (non-hydrogen) atoms. The summed E-state index contributed by atoms with van der Waals surface area (Å²) in [6.07, 6.45) is 3.16.